The molecule has 0 unspecified atom stereocenters. The normalized spacial score (nSPS) is 10.8. The van der Waals surface area contributed by atoms with Crippen molar-refractivity contribution in [1.29, 1.82) is 0 Å². The summed E-state index contributed by atoms with van der Waals surface area (Å²) in [6, 6.07) is 6.22. The Morgan fingerprint density at radius 2 is 1.22 bits per heavy atom. The lowest BCUT2D eigenvalue weighted by atomic mass is 10.00. The molecule has 2 aromatic rings. The Labute approximate surface area is 102 Å². The molecule has 0 aliphatic rings. The number of rotatable bonds is 1. The largest absolute Gasteiger partial charge is 0.206 e. The number of hydrogen-bond donors (Lipinski definition) is 0. The van der Waals surface area contributed by atoms with Gasteiger partial charge in [-0.25, -0.2) is 17.6 Å². The maximum Gasteiger partial charge on any atom is 0.195 e. The molecule has 0 amide bonds. The van der Waals surface area contributed by atoms with Crippen molar-refractivity contribution in [2.45, 2.75) is 13.8 Å². The van der Waals surface area contributed by atoms with Crippen LogP contribution in [0, 0.1) is 37.1 Å². The molecule has 0 bridgehead atoms. The molecule has 0 spiro atoms. The minimum Gasteiger partial charge on any atom is -0.206 e. The first kappa shape index (κ1) is 12.6. The van der Waals surface area contributed by atoms with E-state index in [-0.39, 0.29) is 5.56 Å². The first-order valence-corrected chi connectivity index (χ1v) is 5.33. The van der Waals surface area contributed by atoms with E-state index in [0.29, 0.717) is 0 Å². The molecular formula is C14H10F4. The lowest BCUT2D eigenvalue weighted by Crippen LogP contribution is -2.03. The van der Waals surface area contributed by atoms with E-state index >= 15 is 0 Å². The fourth-order valence-electron chi connectivity index (χ4n) is 1.72. The number of benzene rings is 2. The van der Waals surface area contributed by atoms with E-state index in [1.165, 1.54) is 12.1 Å². The van der Waals surface area contributed by atoms with E-state index in [0.717, 1.165) is 12.5 Å². The summed E-state index contributed by atoms with van der Waals surface area (Å²) in [5, 5.41) is 0. The van der Waals surface area contributed by atoms with E-state index in [1.54, 1.807) is 12.1 Å². The molecule has 2 rings (SSSR count). The van der Waals surface area contributed by atoms with Crippen LogP contribution in [0.15, 0.2) is 24.3 Å². The van der Waals surface area contributed by atoms with Gasteiger partial charge in [0.2, 0.25) is 0 Å². The molecular weight excluding hydrogens is 244 g/mol. The third kappa shape index (κ3) is 1.88. The van der Waals surface area contributed by atoms with E-state index in [4.69, 9.17) is 0 Å². The summed E-state index contributed by atoms with van der Waals surface area (Å²) in [6.07, 6.45) is 0. The smallest absolute Gasteiger partial charge is 0.195 e. The molecule has 0 fully saturated rings. The average molecular weight is 254 g/mol. The molecule has 0 atom stereocenters. The molecule has 0 heterocycles. The molecule has 0 saturated carbocycles. The van der Waals surface area contributed by atoms with Gasteiger partial charge in [0.25, 0.3) is 0 Å². The predicted molar refractivity (Wildman–Crippen MR) is 61.2 cm³/mol. The number of aryl methyl sites for hydroxylation is 1. The van der Waals surface area contributed by atoms with Gasteiger partial charge in [-0.15, -0.1) is 0 Å². The van der Waals surface area contributed by atoms with Gasteiger partial charge in [0.05, 0.1) is 5.56 Å². The van der Waals surface area contributed by atoms with Crippen LogP contribution < -0.4 is 0 Å². The highest BCUT2D eigenvalue weighted by Crippen LogP contribution is 2.31. The Morgan fingerprint density at radius 3 is 1.78 bits per heavy atom. The SMILES string of the molecule is Cc1ccc(-c2c(F)c(C)c(F)c(F)c2F)cc1. The van der Waals surface area contributed by atoms with Crippen LogP contribution in [0.5, 0.6) is 0 Å². The monoisotopic (exact) mass is 254 g/mol. The maximum absolute atomic E-state index is 13.8. The summed E-state index contributed by atoms with van der Waals surface area (Å²) in [5.41, 5.74) is 0.0207. The van der Waals surface area contributed by atoms with Gasteiger partial charge in [0, 0.05) is 5.56 Å². The number of hydrogen-bond acceptors (Lipinski definition) is 0. The van der Waals surface area contributed by atoms with Crippen LogP contribution in [0.2, 0.25) is 0 Å². The molecule has 4 heteroatoms. The standard InChI is InChI=1S/C14H10F4/c1-7-3-5-9(6-4-7)10-11(15)8(2)12(16)14(18)13(10)17/h3-6H,1-2H3. The van der Waals surface area contributed by atoms with Gasteiger partial charge in [-0.05, 0) is 19.4 Å². The molecule has 0 aliphatic carbocycles. The Hall–Kier alpha value is -1.84. The van der Waals surface area contributed by atoms with Crippen molar-refractivity contribution in [3.63, 3.8) is 0 Å². The summed E-state index contributed by atoms with van der Waals surface area (Å²) in [7, 11) is 0. The van der Waals surface area contributed by atoms with Crippen molar-refractivity contribution in [1.82, 2.24) is 0 Å². The third-order valence-electron chi connectivity index (χ3n) is 2.82. The minimum atomic E-state index is -1.65. The third-order valence-corrected chi connectivity index (χ3v) is 2.82. The lowest BCUT2D eigenvalue weighted by Gasteiger charge is -2.10. The summed E-state index contributed by atoms with van der Waals surface area (Å²) < 4.78 is 53.9. The molecule has 0 nitrogen and oxygen atoms in total. The van der Waals surface area contributed by atoms with Crippen molar-refractivity contribution >= 4 is 0 Å². The van der Waals surface area contributed by atoms with Crippen molar-refractivity contribution < 1.29 is 17.6 Å². The van der Waals surface area contributed by atoms with Gasteiger partial charge in [-0.3, -0.25) is 0 Å². The Morgan fingerprint density at radius 1 is 0.667 bits per heavy atom. The maximum atomic E-state index is 13.8. The summed E-state index contributed by atoms with van der Waals surface area (Å²) in [6.45, 7) is 2.89. The zero-order valence-electron chi connectivity index (χ0n) is 9.82. The second-order valence-corrected chi connectivity index (χ2v) is 4.12. The van der Waals surface area contributed by atoms with Crippen LogP contribution >= 0.6 is 0 Å². The van der Waals surface area contributed by atoms with Crippen LogP contribution in [-0.2, 0) is 0 Å². The van der Waals surface area contributed by atoms with Gasteiger partial charge in [-0.1, -0.05) is 29.8 Å². The van der Waals surface area contributed by atoms with Gasteiger partial charge in [0.15, 0.2) is 17.5 Å². The van der Waals surface area contributed by atoms with Crippen LogP contribution in [-0.4, -0.2) is 0 Å². The Bertz CT molecular complexity index is 571. The zero-order valence-corrected chi connectivity index (χ0v) is 9.82. The minimum absolute atomic E-state index is 0.178. The van der Waals surface area contributed by atoms with Crippen LogP contribution in [0.4, 0.5) is 17.6 Å². The van der Waals surface area contributed by atoms with E-state index < -0.39 is 34.4 Å². The number of halogens is 4. The summed E-state index contributed by atoms with van der Waals surface area (Å²) >= 11 is 0. The quantitative estimate of drug-likeness (QED) is 0.398. The van der Waals surface area contributed by atoms with Gasteiger partial charge in [0.1, 0.15) is 5.82 Å². The van der Waals surface area contributed by atoms with E-state index in [2.05, 4.69) is 0 Å². The van der Waals surface area contributed by atoms with Gasteiger partial charge < -0.3 is 0 Å². The van der Waals surface area contributed by atoms with E-state index in [9.17, 15) is 17.6 Å². The summed E-state index contributed by atoms with van der Waals surface area (Å²) in [4.78, 5) is 0. The second-order valence-electron chi connectivity index (χ2n) is 4.12. The second kappa shape index (κ2) is 4.44. The van der Waals surface area contributed by atoms with Crippen LogP contribution in [0.1, 0.15) is 11.1 Å². The summed E-state index contributed by atoms with van der Waals surface area (Å²) in [5.74, 6) is -5.71. The zero-order chi connectivity index (χ0) is 13.4. The Balaban J connectivity index is 2.75. The van der Waals surface area contributed by atoms with E-state index in [1.807, 2.05) is 6.92 Å². The topological polar surface area (TPSA) is 0 Å². The molecule has 0 radical (unpaired) electrons. The highest BCUT2D eigenvalue weighted by atomic mass is 19.2. The lowest BCUT2D eigenvalue weighted by molar-refractivity contribution is 0.431. The predicted octanol–water partition coefficient (Wildman–Crippen LogP) is 4.53. The highest BCUT2D eigenvalue weighted by Gasteiger charge is 2.23. The highest BCUT2D eigenvalue weighted by molar-refractivity contribution is 5.66. The van der Waals surface area contributed by atoms with Crippen LogP contribution in [0.25, 0.3) is 11.1 Å². The molecule has 0 N–H and O–H groups in total. The van der Waals surface area contributed by atoms with Gasteiger partial charge >= 0.3 is 0 Å². The molecule has 0 saturated heterocycles. The van der Waals surface area contributed by atoms with Gasteiger partial charge in [-0.2, -0.15) is 0 Å². The van der Waals surface area contributed by atoms with Crippen molar-refractivity contribution in [2.24, 2.45) is 0 Å². The molecule has 94 valence electrons. The fraction of sp³-hybridized carbons (Fsp3) is 0.143. The molecule has 2 aromatic carbocycles. The average Bonchev–Trinajstić information content (AvgIpc) is 2.36. The fourth-order valence-corrected chi connectivity index (χ4v) is 1.72. The molecule has 18 heavy (non-hydrogen) atoms. The van der Waals surface area contributed by atoms with Crippen molar-refractivity contribution in [2.75, 3.05) is 0 Å². The van der Waals surface area contributed by atoms with Crippen LogP contribution in [0.3, 0.4) is 0 Å². The molecule has 0 aromatic heterocycles. The molecule has 0 aliphatic heterocycles. The Kier molecular flexibility index (Phi) is 3.11. The first-order chi connectivity index (χ1) is 8.43. The first-order valence-electron chi connectivity index (χ1n) is 5.33. The van der Waals surface area contributed by atoms with Crippen molar-refractivity contribution in [3.05, 3.63) is 58.7 Å². The van der Waals surface area contributed by atoms with Crippen molar-refractivity contribution in [3.8, 4) is 11.1 Å².